The molecule has 0 bridgehead atoms. The number of pyridine rings is 1. The smallest absolute Gasteiger partial charge is 0.125 e. The molecule has 1 aromatic carbocycles. The second kappa shape index (κ2) is 5.85. The third kappa shape index (κ3) is 2.93. The minimum absolute atomic E-state index is 0.639. The number of nitrogens with zero attached hydrogens (tertiary/aromatic N) is 1. The fraction of sp³-hybridized carbons (Fsp3) is 0.312. The fourth-order valence-corrected chi connectivity index (χ4v) is 2.01. The molecule has 3 heteroatoms. The normalized spacial score (nSPS) is 13.8. The molecule has 3 nitrogen and oxygen atoms in total. The number of hydrogen-bond acceptors (Lipinski definition) is 3. The third-order valence-corrected chi connectivity index (χ3v) is 3.10. The summed E-state index contributed by atoms with van der Waals surface area (Å²) in [6.45, 7) is 4.46. The summed E-state index contributed by atoms with van der Waals surface area (Å²) in [4.78, 5) is 4.07. The van der Waals surface area contributed by atoms with Crippen LogP contribution in [0.4, 0.5) is 0 Å². The summed E-state index contributed by atoms with van der Waals surface area (Å²) in [5.74, 6) is 0.721. The number of hydrogen-bond donors (Lipinski definition) is 1. The van der Waals surface area contributed by atoms with Crippen molar-refractivity contribution in [3.8, 4) is 5.75 Å². The molecular formula is C16H19NO2. The van der Waals surface area contributed by atoms with E-state index in [-0.39, 0.29) is 0 Å². The molecule has 1 atom stereocenters. The van der Waals surface area contributed by atoms with Crippen molar-refractivity contribution in [3.63, 3.8) is 0 Å². The van der Waals surface area contributed by atoms with Crippen LogP contribution in [0.15, 0.2) is 48.8 Å². The molecule has 0 aliphatic rings. The minimum atomic E-state index is -1.11. The van der Waals surface area contributed by atoms with Gasteiger partial charge in [-0.15, -0.1) is 0 Å². The Labute approximate surface area is 113 Å². The highest BCUT2D eigenvalue weighted by atomic mass is 16.5. The van der Waals surface area contributed by atoms with Gasteiger partial charge in [-0.05, 0) is 25.5 Å². The average molecular weight is 257 g/mol. The molecule has 1 aromatic heterocycles. The Morgan fingerprint density at radius 1 is 1.21 bits per heavy atom. The molecule has 2 rings (SSSR count). The van der Waals surface area contributed by atoms with Crippen molar-refractivity contribution in [2.75, 3.05) is 6.61 Å². The molecule has 0 saturated heterocycles. The van der Waals surface area contributed by atoms with Gasteiger partial charge in [0.2, 0.25) is 0 Å². The van der Waals surface area contributed by atoms with Crippen molar-refractivity contribution >= 4 is 0 Å². The second-order valence-electron chi connectivity index (χ2n) is 4.66. The number of ether oxygens (including phenoxy) is 1. The lowest BCUT2D eigenvalue weighted by molar-refractivity contribution is 0.0974. The van der Waals surface area contributed by atoms with Gasteiger partial charge in [0.15, 0.2) is 0 Å². The van der Waals surface area contributed by atoms with Gasteiger partial charge >= 0.3 is 0 Å². The van der Waals surface area contributed by atoms with Crippen molar-refractivity contribution in [2.45, 2.75) is 25.9 Å². The molecule has 1 unspecified atom stereocenters. The van der Waals surface area contributed by atoms with Gasteiger partial charge in [0.1, 0.15) is 11.4 Å². The molecule has 0 aliphatic carbocycles. The first kappa shape index (κ1) is 13.6. The second-order valence-corrected chi connectivity index (χ2v) is 4.66. The number of para-hydroxylation sites is 1. The maximum atomic E-state index is 10.8. The molecule has 1 heterocycles. The van der Waals surface area contributed by atoms with Gasteiger partial charge in [-0.25, -0.2) is 0 Å². The van der Waals surface area contributed by atoms with Crippen LogP contribution in [0.5, 0.6) is 5.75 Å². The van der Waals surface area contributed by atoms with Crippen LogP contribution >= 0.6 is 0 Å². The largest absolute Gasteiger partial charge is 0.493 e. The van der Waals surface area contributed by atoms with E-state index >= 15 is 0 Å². The molecule has 0 amide bonds. The SMILES string of the molecule is CCCOc1ccccc1C(C)(O)c1cccnc1. The molecule has 2 aromatic rings. The van der Waals surface area contributed by atoms with Gasteiger partial charge < -0.3 is 9.84 Å². The average Bonchev–Trinajstić information content (AvgIpc) is 2.46. The van der Waals surface area contributed by atoms with Crippen LogP contribution in [0.25, 0.3) is 0 Å². The third-order valence-electron chi connectivity index (χ3n) is 3.10. The lowest BCUT2D eigenvalue weighted by atomic mass is 9.88. The summed E-state index contributed by atoms with van der Waals surface area (Å²) in [5.41, 5.74) is 0.400. The topological polar surface area (TPSA) is 42.4 Å². The van der Waals surface area contributed by atoms with E-state index in [0.717, 1.165) is 23.3 Å². The van der Waals surface area contributed by atoms with E-state index in [1.165, 1.54) is 0 Å². The Morgan fingerprint density at radius 3 is 2.68 bits per heavy atom. The number of aromatic nitrogens is 1. The molecule has 0 fully saturated rings. The monoisotopic (exact) mass is 257 g/mol. The quantitative estimate of drug-likeness (QED) is 0.894. The summed E-state index contributed by atoms with van der Waals surface area (Å²) in [6.07, 6.45) is 4.30. The van der Waals surface area contributed by atoms with Crippen LogP contribution < -0.4 is 4.74 Å². The number of rotatable bonds is 5. The fourth-order valence-electron chi connectivity index (χ4n) is 2.01. The van der Waals surface area contributed by atoms with E-state index in [4.69, 9.17) is 4.74 Å². The molecule has 1 N–H and O–H groups in total. The first-order chi connectivity index (χ1) is 9.16. The summed E-state index contributed by atoms with van der Waals surface area (Å²) in [5, 5.41) is 10.8. The maximum absolute atomic E-state index is 10.8. The van der Waals surface area contributed by atoms with Crippen LogP contribution in [0.2, 0.25) is 0 Å². The molecule has 0 saturated carbocycles. The van der Waals surface area contributed by atoms with Crippen molar-refractivity contribution < 1.29 is 9.84 Å². The Balaban J connectivity index is 2.40. The Kier molecular flexibility index (Phi) is 4.17. The maximum Gasteiger partial charge on any atom is 0.125 e. The zero-order valence-corrected chi connectivity index (χ0v) is 11.3. The Morgan fingerprint density at radius 2 is 2.00 bits per heavy atom. The van der Waals surface area contributed by atoms with Gasteiger partial charge in [-0.1, -0.05) is 31.2 Å². The van der Waals surface area contributed by atoms with E-state index in [1.54, 1.807) is 19.3 Å². The van der Waals surface area contributed by atoms with Gasteiger partial charge in [0.25, 0.3) is 0 Å². The summed E-state index contributed by atoms with van der Waals surface area (Å²) in [7, 11) is 0. The van der Waals surface area contributed by atoms with E-state index in [2.05, 4.69) is 11.9 Å². The lowest BCUT2D eigenvalue weighted by Crippen LogP contribution is -2.24. The summed E-state index contributed by atoms with van der Waals surface area (Å²) < 4.78 is 5.71. The van der Waals surface area contributed by atoms with Crippen molar-refractivity contribution in [3.05, 3.63) is 59.9 Å². The van der Waals surface area contributed by atoms with Crippen molar-refractivity contribution in [2.24, 2.45) is 0 Å². The van der Waals surface area contributed by atoms with Gasteiger partial charge in [-0.2, -0.15) is 0 Å². The molecule has 19 heavy (non-hydrogen) atoms. The van der Waals surface area contributed by atoms with Gasteiger partial charge in [0.05, 0.1) is 6.61 Å². The Bertz CT molecular complexity index is 523. The highest BCUT2D eigenvalue weighted by molar-refractivity contribution is 5.43. The molecule has 0 aliphatic heterocycles. The van der Waals surface area contributed by atoms with Crippen LogP contribution in [0, 0.1) is 0 Å². The standard InChI is InChI=1S/C16H19NO2/c1-3-11-19-15-9-5-4-8-14(15)16(2,18)13-7-6-10-17-12-13/h4-10,12,18H,3,11H2,1-2H3. The lowest BCUT2D eigenvalue weighted by Gasteiger charge is -2.26. The predicted octanol–water partition coefficient (Wildman–Crippen LogP) is 3.13. The van der Waals surface area contributed by atoms with E-state index < -0.39 is 5.60 Å². The highest BCUT2D eigenvalue weighted by Crippen LogP contribution is 2.34. The zero-order valence-electron chi connectivity index (χ0n) is 11.3. The van der Waals surface area contributed by atoms with Crippen molar-refractivity contribution in [1.29, 1.82) is 0 Å². The van der Waals surface area contributed by atoms with Crippen LogP contribution in [-0.2, 0) is 5.60 Å². The van der Waals surface area contributed by atoms with Gasteiger partial charge in [0, 0.05) is 23.5 Å². The van der Waals surface area contributed by atoms with E-state index in [0.29, 0.717) is 6.61 Å². The number of benzene rings is 1. The van der Waals surface area contributed by atoms with E-state index in [9.17, 15) is 5.11 Å². The summed E-state index contributed by atoms with van der Waals surface area (Å²) in [6, 6.07) is 11.3. The Hall–Kier alpha value is -1.87. The van der Waals surface area contributed by atoms with E-state index in [1.807, 2.05) is 36.4 Å². The van der Waals surface area contributed by atoms with Gasteiger partial charge in [-0.3, -0.25) is 4.98 Å². The van der Waals surface area contributed by atoms with Crippen molar-refractivity contribution in [1.82, 2.24) is 4.98 Å². The highest BCUT2D eigenvalue weighted by Gasteiger charge is 2.29. The van der Waals surface area contributed by atoms with Crippen LogP contribution in [0.3, 0.4) is 0 Å². The molecular weight excluding hydrogens is 238 g/mol. The summed E-state index contributed by atoms with van der Waals surface area (Å²) >= 11 is 0. The number of aliphatic hydroxyl groups is 1. The predicted molar refractivity (Wildman–Crippen MR) is 75.1 cm³/mol. The zero-order chi connectivity index (χ0) is 13.7. The van der Waals surface area contributed by atoms with Crippen LogP contribution in [0.1, 0.15) is 31.4 Å². The molecule has 100 valence electrons. The first-order valence-electron chi connectivity index (χ1n) is 6.51. The molecule has 0 spiro atoms. The first-order valence-corrected chi connectivity index (χ1v) is 6.51. The molecule has 0 radical (unpaired) electrons. The minimum Gasteiger partial charge on any atom is -0.493 e. The van der Waals surface area contributed by atoms with Crippen LogP contribution in [-0.4, -0.2) is 16.7 Å².